The highest BCUT2D eigenvalue weighted by molar-refractivity contribution is 7.99. The van der Waals surface area contributed by atoms with Gasteiger partial charge in [-0.25, -0.2) is 9.78 Å². The minimum absolute atomic E-state index is 0.0438. The van der Waals surface area contributed by atoms with Crippen LogP contribution in [0.1, 0.15) is 17.6 Å². The van der Waals surface area contributed by atoms with E-state index in [0.717, 1.165) is 11.8 Å². The molecule has 94 valence electrons. The number of ether oxygens (including phenoxy) is 1. The van der Waals surface area contributed by atoms with Gasteiger partial charge in [0.15, 0.2) is 5.03 Å². The first-order chi connectivity index (χ1) is 8.70. The Balaban J connectivity index is 2.14. The summed E-state index contributed by atoms with van der Waals surface area (Å²) >= 11 is 0.868. The summed E-state index contributed by atoms with van der Waals surface area (Å²) in [4.78, 5) is 28.9. The lowest BCUT2D eigenvalue weighted by Gasteiger charge is -1.94. The molecular formula is C9H8N4O4S. The number of aromatic amines is 1. The van der Waals surface area contributed by atoms with Crippen molar-refractivity contribution in [2.24, 2.45) is 0 Å². The molecule has 2 heterocycles. The van der Waals surface area contributed by atoms with Crippen LogP contribution < -0.4 is 5.56 Å². The van der Waals surface area contributed by atoms with Crippen molar-refractivity contribution in [3.63, 3.8) is 0 Å². The van der Waals surface area contributed by atoms with Crippen molar-refractivity contribution in [1.82, 2.24) is 20.2 Å². The second kappa shape index (κ2) is 5.45. The SMILES string of the molecule is CCOC(=O)c1nnc(Sc2ncc[nH]c2=O)o1. The van der Waals surface area contributed by atoms with Gasteiger partial charge in [-0.1, -0.05) is 5.10 Å². The lowest BCUT2D eigenvalue weighted by molar-refractivity contribution is 0.0475. The average Bonchev–Trinajstić information content (AvgIpc) is 2.81. The molecule has 0 spiro atoms. The third-order valence-corrected chi connectivity index (χ3v) is 2.54. The van der Waals surface area contributed by atoms with E-state index in [9.17, 15) is 9.59 Å². The maximum Gasteiger partial charge on any atom is 0.396 e. The fourth-order valence-electron chi connectivity index (χ4n) is 1.02. The van der Waals surface area contributed by atoms with E-state index in [1.165, 1.54) is 12.4 Å². The molecule has 0 unspecified atom stereocenters. The molecule has 0 bridgehead atoms. The quantitative estimate of drug-likeness (QED) is 0.797. The molecule has 0 amide bonds. The van der Waals surface area contributed by atoms with Crippen molar-refractivity contribution in [1.29, 1.82) is 0 Å². The lowest BCUT2D eigenvalue weighted by Crippen LogP contribution is -2.08. The van der Waals surface area contributed by atoms with E-state index in [4.69, 9.17) is 4.42 Å². The molecule has 18 heavy (non-hydrogen) atoms. The topological polar surface area (TPSA) is 111 Å². The predicted molar refractivity (Wildman–Crippen MR) is 59.2 cm³/mol. The lowest BCUT2D eigenvalue weighted by atomic mass is 10.7. The van der Waals surface area contributed by atoms with E-state index in [0.29, 0.717) is 0 Å². The number of aromatic nitrogens is 4. The van der Waals surface area contributed by atoms with Gasteiger partial charge in [-0.3, -0.25) is 4.79 Å². The summed E-state index contributed by atoms with van der Waals surface area (Å²) in [7, 11) is 0. The first kappa shape index (κ1) is 12.3. The number of carbonyl (C=O) groups excluding carboxylic acids is 1. The number of carbonyl (C=O) groups is 1. The van der Waals surface area contributed by atoms with Gasteiger partial charge in [0.2, 0.25) is 0 Å². The van der Waals surface area contributed by atoms with E-state index < -0.39 is 5.97 Å². The van der Waals surface area contributed by atoms with E-state index in [1.807, 2.05) is 0 Å². The number of esters is 1. The summed E-state index contributed by atoms with van der Waals surface area (Å²) < 4.78 is 9.72. The molecule has 1 N–H and O–H groups in total. The van der Waals surface area contributed by atoms with E-state index in [1.54, 1.807) is 6.92 Å². The van der Waals surface area contributed by atoms with Crippen molar-refractivity contribution >= 4 is 17.7 Å². The van der Waals surface area contributed by atoms with Gasteiger partial charge in [-0.05, 0) is 18.7 Å². The molecule has 0 aliphatic rings. The standard InChI is InChI=1S/C9H8N4O4S/c1-2-16-8(15)6-12-13-9(17-6)18-7-5(14)10-3-4-11-7/h3-4H,2H2,1H3,(H,10,14). The zero-order valence-corrected chi connectivity index (χ0v) is 10.1. The second-order valence-corrected chi connectivity index (χ2v) is 3.86. The summed E-state index contributed by atoms with van der Waals surface area (Å²) in [5.41, 5.74) is -0.376. The van der Waals surface area contributed by atoms with E-state index in [-0.39, 0.29) is 28.3 Å². The summed E-state index contributed by atoms with van der Waals surface area (Å²) in [6.45, 7) is 1.88. The third kappa shape index (κ3) is 2.74. The Bertz CT molecular complexity index is 608. The monoisotopic (exact) mass is 268 g/mol. The Hall–Kier alpha value is -2.16. The molecule has 0 fully saturated rings. The van der Waals surface area contributed by atoms with Crippen molar-refractivity contribution < 1.29 is 13.9 Å². The highest BCUT2D eigenvalue weighted by Gasteiger charge is 2.17. The van der Waals surface area contributed by atoms with Crippen LogP contribution in [0, 0.1) is 0 Å². The molecular weight excluding hydrogens is 260 g/mol. The zero-order chi connectivity index (χ0) is 13.0. The number of nitrogens with one attached hydrogen (secondary N) is 1. The number of H-pyrrole nitrogens is 1. The summed E-state index contributed by atoms with van der Waals surface area (Å²) in [5.74, 6) is -0.960. The van der Waals surface area contributed by atoms with Gasteiger partial charge >= 0.3 is 11.9 Å². The van der Waals surface area contributed by atoms with Crippen molar-refractivity contribution in [3.05, 3.63) is 28.6 Å². The Kier molecular flexibility index (Phi) is 3.72. The molecule has 0 saturated carbocycles. The molecule has 0 aliphatic carbocycles. The largest absolute Gasteiger partial charge is 0.459 e. The van der Waals surface area contributed by atoms with Gasteiger partial charge in [0.25, 0.3) is 10.8 Å². The van der Waals surface area contributed by atoms with Crippen molar-refractivity contribution in [2.75, 3.05) is 6.61 Å². The van der Waals surface area contributed by atoms with Crippen molar-refractivity contribution in [3.8, 4) is 0 Å². The van der Waals surface area contributed by atoms with Gasteiger partial charge in [-0.2, -0.15) is 0 Å². The molecule has 0 radical (unpaired) electrons. The highest BCUT2D eigenvalue weighted by atomic mass is 32.2. The Morgan fingerprint density at radius 3 is 3.11 bits per heavy atom. The average molecular weight is 268 g/mol. The third-order valence-electron chi connectivity index (χ3n) is 1.72. The molecule has 9 heteroatoms. The molecule has 0 aliphatic heterocycles. The van der Waals surface area contributed by atoms with Crippen LogP contribution in [0.4, 0.5) is 0 Å². The summed E-state index contributed by atoms with van der Waals surface area (Å²) in [6, 6.07) is 0. The fraction of sp³-hybridized carbons (Fsp3) is 0.222. The van der Waals surface area contributed by atoms with Gasteiger partial charge in [0.1, 0.15) is 0 Å². The minimum atomic E-state index is -0.702. The number of hydrogen-bond acceptors (Lipinski definition) is 8. The predicted octanol–water partition coefficient (Wildman–Crippen LogP) is 0.481. The Labute approximate surface area is 105 Å². The van der Waals surface area contributed by atoms with Gasteiger partial charge in [-0.15, -0.1) is 5.10 Å². The number of rotatable bonds is 4. The molecule has 2 aromatic rings. The Morgan fingerprint density at radius 1 is 1.56 bits per heavy atom. The van der Waals surface area contributed by atoms with Gasteiger partial charge in [0.05, 0.1) is 6.61 Å². The molecule has 0 saturated heterocycles. The minimum Gasteiger partial charge on any atom is -0.459 e. The maximum absolute atomic E-state index is 11.3. The summed E-state index contributed by atoms with van der Waals surface area (Å²) in [5, 5.41) is 7.31. The molecule has 0 aromatic carbocycles. The van der Waals surface area contributed by atoms with Crippen LogP contribution in [0.2, 0.25) is 0 Å². The second-order valence-electron chi connectivity index (χ2n) is 2.92. The zero-order valence-electron chi connectivity index (χ0n) is 9.24. The van der Waals surface area contributed by atoms with E-state index in [2.05, 4.69) is 24.9 Å². The van der Waals surface area contributed by atoms with Crippen LogP contribution in [-0.4, -0.2) is 32.7 Å². The Morgan fingerprint density at radius 2 is 2.39 bits per heavy atom. The fourth-order valence-corrected chi connectivity index (χ4v) is 1.65. The first-order valence-electron chi connectivity index (χ1n) is 4.93. The molecule has 8 nitrogen and oxygen atoms in total. The molecule has 2 aromatic heterocycles. The van der Waals surface area contributed by atoms with Crippen LogP contribution in [0.3, 0.4) is 0 Å². The summed E-state index contributed by atoms with van der Waals surface area (Å²) in [6.07, 6.45) is 2.83. The van der Waals surface area contributed by atoms with Crippen LogP contribution >= 0.6 is 11.8 Å². The van der Waals surface area contributed by atoms with Crippen molar-refractivity contribution in [2.45, 2.75) is 17.2 Å². The highest BCUT2D eigenvalue weighted by Crippen LogP contribution is 2.21. The maximum atomic E-state index is 11.3. The smallest absolute Gasteiger partial charge is 0.396 e. The van der Waals surface area contributed by atoms with Gasteiger partial charge < -0.3 is 14.1 Å². The van der Waals surface area contributed by atoms with Crippen LogP contribution in [0.25, 0.3) is 0 Å². The van der Waals surface area contributed by atoms with Crippen LogP contribution in [0.5, 0.6) is 0 Å². The van der Waals surface area contributed by atoms with Gasteiger partial charge in [0, 0.05) is 12.4 Å². The molecule has 2 rings (SSSR count). The van der Waals surface area contributed by atoms with Crippen LogP contribution in [-0.2, 0) is 4.74 Å². The normalized spacial score (nSPS) is 10.3. The van der Waals surface area contributed by atoms with E-state index >= 15 is 0 Å². The first-order valence-corrected chi connectivity index (χ1v) is 5.74. The number of hydrogen-bond donors (Lipinski definition) is 1. The molecule has 0 atom stereocenters. The van der Waals surface area contributed by atoms with Crippen LogP contribution in [0.15, 0.2) is 31.9 Å². The number of nitrogens with zero attached hydrogens (tertiary/aromatic N) is 3.